The highest BCUT2D eigenvalue weighted by molar-refractivity contribution is 6.33. The molecule has 0 radical (unpaired) electrons. The van der Waals surface area contributed by atoms with Gasteiger partial charge in [-0.25, -0.2) is 14.4 Å². The first-order valence-electron chi connectivity index (χ1n) is 7.89. The second kappa shape index (κ2) is 6.93. The van der Waals surface area contributed by atoms with Gasteiger partial charge < -0.3 is 19.5 Å². The molecule has 0 atom stereocenters. The zero-order valence-corrected chi connectivity index (χ0v) is 14.6. The lowest BCUT2D eigenvalue weighted by Gasteiger charge is -2.21. The maximum atomic E-state index is 13.9. The van der Waals surface area contributed by atoms with Gasteiger partial charge in [-0.2, -0.15) is 0 Å². The van der Waals surface area contributed by atoms with Crippen molar-refractivity contribution in [2.45, 2.75) is 13.2 Å². The van der Waals surface area contributed by atoms with E-state index in [-0.39, 0.29) is 12.6 Å². The van der Waals surface area contributed by atoms with E-state index < -0.39 is 0 Å². The molecule has 8 heteroatoms. The Balaban J connectivity index is 1.67. The summed E-state index contributed by atoms with van der Waals surface area (Å²) in [4.78, 5) is 8.51. The third kappa shape index (κ3) is 3.11. The number of nitrogens with one attached hydrogen (secondary N) is 1. The van der Waals surface area contributed by atoms with Gasteiger partial charge in [-0.3, -0.25) is 0 Å². The van der Waals surface area contributed by atoms with Crippen molar-refractivity contribution in [2.24, 2.45) is 0 Å². The van der Waals surface area contributed by atoms with E-state index in [1.165, 1.54) is 18.5 Å². The van der Waals surface area contributed by atoms with Gasteiger partial charge in [0.05, 0.1) is 24.3 Å². The summed E-state index contributed by atoms with van der Waals surface area (Å²) in [5.41, 5.74) is 2.07. The highest BCUT2D eigenvalue weighted by Gasteiger charge is 2.17. The van der Waals surface area contributed by atoms with Gasteiger partial charge in [-0.05, 0) is 18.2 Å². The maximum Gasteiger partial charge on any atom is 0.189 e. The fourth-order valence-electron chi connectivity index (χ4n) is 2.92. The summed E-state index contributed by atoms with van der Waals surface area (Å²) in [7, 11) is 1.55. The van der Waals surface area contributed by atoms with Crippen LogP contribution in [-0.4, -0.2) is 23.9 Å². The molecule has 0 fully saturated rings. The molecule has 26 heavy (non-hydrogen) atoms. The molecule has 6 nitrogen and oxygen atoms in total. The lowest BCUT2D eigenvalue weighted by atomic mass is 10.1. The van der Waals surface area contributed by atoms with Crippen molar-refractivity contribution in [2.75, 3.05) is 19.2 Å². The van der Waals surface area contributed by atoms with Crippen molar-refractivity contribution in [3.63, 3.8) is 0 Å². The SMILES string of the molecule is COc1cc2ncnc(NCc3cc(F)cc4c3OCOC4)c2cc1Cl. The minimum atomic E-state index is -0.338. The number of aromatic nitrogens is 2. The molecular formula is C18H15ClFN3O3. The van der Waals surface area contributed by atoms with E-state index in [2.05, 4.69) is 15.3 Å². The predicted molar refractivity (Wildman–Crippen MR) is 95.1 cm³/mol. The fraction of sp³-hybridized carbons (Fsp3) is 0.222. The number of halogens is 2. The van der Waals surface area contributed by atoms with Crippen LogP contribution in [0.15, 0.2) is 30.6 Å². The van der Waals surface area contributed by atoms with Gasteiger partial charge in [0.25, 0.3) is 0 Å². The molecule has 1 aliphatic rings. The molecule has 1 aliphatic heterocycles. The number of anilines is 1. The summed E-state index contributed by atoms with van der Waals surface area (Å²) in [5.74, 6) is 1.43. The molecule has 0 amide bonds. The van der Waals surface area contributed by atoms with E-state index >= 15 is 0 Å². The third-order valence-electron chi connectivity index (χ3n) is 4.11. The van der Waals surface area contributed by atoms with Crippen LogP contribution in [0.3, 0.4) is 0 Å². The predicted octanol–water partition coefficient (Wildman–Crippen LogP) is 3.91. The Morgan fingerprint density at radius 2 is 2.15 bits per heavy atom. The van der Waals surface area contributed by atoms with Gasteiger partial charge in [-0.15, -0.1) is 0 Å². The number of fused-ring (bicyclic) bond motifs is 2. The summed E-state index contributed by atoms with van der Waals surface area (Å²) in [6, 6.07) is 6.35. The van der Waals surface area contributed by atoms with Crippen LogP contribution in [0.4, 0.5) is 10.2 Å². The summed E-state index contributed by atoms with van der Waals surface area (Å²) in [5, 5.41) is 4.41. The van der Waals surface area contributed by atoms with Crippen LogP contribution in [0.25, 0.3) is 10.9 Å². The first-order valence-corrected chi connectivity index (χ1v) is 8.27. The maximum absolute atomic E-state index is 13.9. The molecule has 2 heterocycles. The number of nitrogens with zero attached hydrogens (tertiary/aromatic N) is 2. The van der Waals surface area contributed by atoms with E-state index in [4.69, 9.17) is 25.8 Å². The molecule has 0 unspecified atom stereocenters. The van der Waals surface area contributed by atoms with Gasteiger partial charge in [0.1, 0.15) is 29.5 Å². The highest BCUT2D eigenvalue weighted by atomic mass is 35.5. The quantitative estimate of drug-likeness (QED) is 0.745. The molecular weight excluding hydrogens is 361 g/mol. The Labute approximate surface area is 153 Å². The Morgan fingerprint density at radius 1 is 1.27 bits per heavy atom. The Bertz CT molecular complexity index is 984. The molecule has 0 aliphatic carbocycles. The standard InChI is InChI=1S/C18H15ClFN3O3/c1-24-16-5-15-13(4-14(16)19)18(23-8-22-15)21-6-10-2-12(20)3-11-7-25-9-26-17(10)11/h2-5,8H,6-7,9H2,1H3,(H,21,22,23). The normalized spacial score (nSPS) is 13.2. The van der Waals surface area contributed by atoms with Crippen LogP contribution < -0.4 is 14.8 Å². The third-order valence-corrected chi connectivity index (χ3v) is 4.40. The summed E-state index contributed by atoms with van der Waals surface area (Å²) in [6.45, 7) is 0.805. The highest BCUT2D eigenvalue weighted by Crippen LogP contribution is 2.33. The molecule has 4 rings (SSSR count). The van der Waals surface area contributed by atoms with Gasteiger partial charge in [0, 0.05) is 29.1 Å². The van der Waals surface area contributed by atoms with E-state index in [1.54, 1.807) is 19.2 Å². The summed E-state index contributed by atoms with van der Waals surface area (Å²) >= 11 is 6.22. The van der Waals surface area contributed by atoms with Crippen molar-refractivity contribution >= 4 is 28.3 Å². The second-order valence-electron chi connectivity index (χ2n) is 5.74. The van der Waals surface area contributed by atoms with Crippen LogP contribution in [0, 0.1) is 5.82 Å². The lowest BCUT2D eigenvalue weighted by molar-refractivity contribution is -0.0172. The average molecular weight is 376 g/mol. The van der Waals surface area contributed by atoms with Crippen molar-refractivity contribution in [1.29, 1.82) is 0 Å². The molecule has 3 aromatic rings. The lowest BCUT2D eigenvalue weighted by Crippen LogP contribution is -2.15. The van der Waals surface area contributed by atoms with E-state index in [1.807, 2.05) is 0 Å². The Morgan fingerprint density at radius 3 is 3.00 bits per heavy atom. The van der Waals surface area contributed by atoms with Gasteiger partial charge in [0.2, 0.25) is 0 Å². The van der Waals surface area contributed by atoms with E-state index in [0.717, 1.165) is 5.39 Å². The molecule has 134 valence electrons. The van der Waals surface area contributed by atoms with Crippen molar-refractivity contribution in [3.05, 3.63) is 52.6 Å². The number of hydrogen-bond donors (Lipinski definition) is 1. The van der Waals surface area contributed by atoms with Gasteiger partial charge >= 0.3 is 0 Å². The zero-order valence-electron chi connectivity index (χ0n) is 13.9. The van der Waals surface area contributed by atoms with Crippen molar-refractivity contribution in [3.8, 4) is 11.5 Å². The monoisotopic (exact) mass is 375 g/mol. The second-order valence-corrected chi connectivity index (χ2v) is 6.15. The Hall–Kier alpha value is -2.64. The number of rotatable bonds is 4. The van der Waals surface area contributed by atoms with E-state index in [9.17, 15) is 4.39 Å². The average Bonchev–Trinajstić information content (AvgIpc) is 2.65. The van der Waals surface area contributed by atoms with E-state index in [0.29, 0.717) is 52.1 Å². The Kier molecular flexibility index (Phi) is 4.48. The van der Waals surface area contributed by atoms with Crippen LogP contribution in [0.1, 0.15) is 11.1 Å². The fourth-order valence-corrected chi connectivity index (χ4v) is 3.16. The molecule has 0 saturated carbocycles. The van der Waals surface area contributed by atoms with Crippen molar-refractivity contribution in [1.82, 2.24) is 9.97 Å². The number of methoxy groups -OCH3 is 1. The first-order chi connectivity index (χ1) is 12.7. The minimum absolute atomic E-state index is 0.150. The van der Waals surface area contributed by atoms with Crippen molar-refractivity contribution < 1.29 is 18.6 Å². The number of hydrogen-bond acceptors (Lipinski definition) is 6. The minimum Gasteiger partial charge on any atom is -0.495 e. The van der Waals surface area contributed by atoms with Gasteiger partial charge in [0.15, 0.2) is 6.79 Å². The summed E-state index contributed by atoms with van der Waals surface area (Å²) < 4.78 is 29.8. The first kappa shape index (κ1) is 16.8. The molecule has 0 spiro atoms. The molecule has 0 bridgehead atoms. The number of benzene rings is 2. The number of ether oxygens (including phenoxy) is 3. The molecule has 0 saturated heterocycles. The van der Waals surface area contributed by atoms with Crippen LogP contribution >= 0.6 is 11.6 Å². The topological polar surface area (TPSA) is 65.5 Å². The van der Waals surface area contributed by atoms with Crippen LogP contribution in [0.2, 0.25) is 5.02 Å². The zero-order chi connectivity index (χ0) is 18.1. The largest absolute Gasteiger partial charge is 0.495 e. The smallest absolute Gasteiger partial charge is 0.189 e. The molecule has 1 N–H and O–H groups in total. The van der Waals surface area contributed by atoms with Gasteiger partial charge in [-0.1, -0.05) is 11.6 Å². The van der Waals surface area contributed by atoms with Crippen LogP contribution in [0.5, 0.6) is 11.5 Å². The van der Waals surface area contributed by atoms with Crippen LogP contribution in [-0.2, 0) is 17.9 Å². The summed E-state index contributed by atoms with van der Waals surface area (Å²) in [6.07, 6.45) is 1.45. The molecule has 2 aromatic carbocycles. The molecule has 1 aromatic heterocycles.